The number of carbonyl (C=O) groups excluding carboxylic acids is 1. The van der Waals surface area contributed by atoms with E-state index in [1.165, 1.54) is 24.8 Å². The molecule has 2 heterocycles. The van der Waals surface area contributed by atoms with Crippen LogP contribution in [-0.2, 0) is 11.3 Å². The first-order valence-electron chi connectivity index (χ1n) is 8.86. The molecule has 2 saturated heterocycles. The van der Waals surface area contributed by atoms with Crippen LogP contribution in [0.1, 0.15) is 43.2 Å². The summed E-state index contributed by atoms with van der Waals surface area (Å²) in [5.41, 5.74) is 1.15. The van der Waals surface area contributed by atoms with E-state index in [2.05, 4.69) is 30.0 Å². The van der Waals surface area contributed by atoms with Gasteiger partial charge in [0.05, 0.1) is 0 Å². The maximum absolute atomic E-state index is 12.9. The van der Waals surface area contributed by atoms with E-state index in [4.69, 9.17) is 0 Å². The van der Waals surface area contributed by atoms with Crippen LogP contribution in [0.2, 0.25) is 0 Å². The molecule has 4 heteroatoms. The molecule has 126 valence electrons. The maximum atomic E-state index is 12.9. The van der Waals surface area contributed by atoms with Crippen LogP contribution in [0.4, 0.5) is 0 Å². The van der Waals surface area contributed by atoms with E-state index in [1.807, 2.05) is 11.0 Å². The molecule has 0 aliphatic carbocycles. The summed E-state index contributed by atoms with van der Waals surface area (Å²) >= 11 is 0. The largest absolute Gasteiger partial charge is 0.379 e. The summed E-state index contributed by atoms with van der Waals surface area (Å²) in [6.45, 7) is 5.92. The van der Waals surface area contributed by atoms with Gasteiger partial charge >= 0.3 is 0 Å². The van der Waals surface area contributed by atoms with Crippen LogP contribution in [0.5, 0.6) is 0 Å². The van der Waals surface area contributed by atoms with Crippen LogP contribution >= 0.6 is 0 Å². The van der Waals surface area contributed by atoms with E-state index >= 15 is 0 Å². The van der Waals surface area contributed by atoms with Crippen LogP contribution in [0.3, 0.4) is 0 Å². The number of piperidine rings is 2. The molecule has 2 aliphatic heterocycles. The van der Waals surface area contributed by atoms with Gasteiger partial charge in [-0.1, -0.05) is 36.2 Å². The van der Waals surface area contributed by atoms with Crippen molar-refractivity contribution in [3.8, 4) is 0 Å². The zero-order chi connectivity index (χ0) is 16.3. The third kappa shape index (κ3) is 3.93. The molecule has 4 nitrogen and oxygen atoms in total. The Hall–Kier alpha value is -1.39. The molecule has 1 aromatic rings. The lowest BCUT2D eigenvalue weighted by Crippen LogP contribution is -2.58. The average molecular weight is 316 g/mol. The Kier molecular flexibility index (Phi) is 5.02. The molecular formula is C19H28N2O2. The van der Waals surface area contributed by atoms with Gasteiger partial charge in [-0.2, -0.15) is 0 Å². The SMILES string of the molecule is Cc1cccc(CN2CCCC(O)(CN3CCCCC3)C2=O)c1. The fraction of sp³-hybridized carbons (Fsp3) is 0.632. The first-order chi connectivity index (χ1) is 11.1. The van der Waals surface area contributed by atoms with Crippen molar-refractivity contribution >= 4 is 5.91 Å². The van der Waals surface area contributed by atoms with Crippen LogP contribution in [0.25, 0.3) is 0 Å². The molecule has 1 amide bonds. The molecule has 23 heavy (non-hydrogen) atoms. The highest BCUT2D eigenvalue weighted by atomic mass is 16.3. The van der Waals surface area contributed by atoms with E-state index in [0.717, 1.165) is 31.6 Å². The number of hydrogen-bond acceptors (Lipinski definition) is 3. The maximum Gasteiger partial charge on any atom is 0.256 e. The lowest BCUT2D eigenvalue weighted by molar-refractivity contribution is -0.160. The Morgan fingerprint density at radius 2 is 1.91 bits per heavy atom. The third-order valence-corrected chi connectivity index (χ3v) is 5.09. The van der Waals surface area contributed by atoms with Crippen molar-refractivity contribution in [1.82, 2.24) is 9.80 Å². The molecule has 1 unspecified atom stereocenters. The summed E-state index contributed by atoms with van der Waals surface area (Å²) in [6.07, 6.45) is 5.09. The lowest BCUT2D eigenvalue weighted by Gasteiger charge is -2.41. The molecule has 0 aromatic heterocycles. The zero-order valence-corrected chi connectivity index (χ0v) is 14.1. The molecule has 0 spiro atoms. The Bertz CT molecular complexity index is 554. The first kappa shape index (κ1) is 16.5. The number of rotatable bonds is 4. The first-order valence-corrected chi connectivity index (χ1v) is 8.86. The Labute approximate surface area is 139 Å². The predicted octanol–water partition coefficient (Wildman–Crippen LogP) is 2.33. The number of benzene rings is 1. The van der Waals surface area contributed by atoms with Crippen molar-refractivity contribution in [2.45, 2.75) is 51.2 Å². The number of likely N-dealkylation sites (tertiary alicyclic amines) is 2. The van der Waals surface area contributed by atoms with Crippen molar-refractivity contribution in [2.24, 2.45) is 0 Å². The molecular weight excluding hydrogens is 288 g/mol. The van der Waals surface area contributed by atoms with Crippen molar-refractivity contribution in [2.75, 3.05) is 26.2 Å². The van der Waals surface area contributed by atoms with E-state index in [1.54, 1.807) is 0 Å². The van der Waals surface area contributed by atoms with Gasteiger partial charge in [-0.3, -0.25) is 9.69 Å². The smallest absolute Gasteiger partial charge is 0.256 e. The van der Waals surface area contributed by atoms with E-state index in [0.29, 0.717) is 19.5 Å². The third-order valence-electron chi connectivity index (χ3n) is 5.09. The Morgan fingerprint density at radius 1 is 1.13 bits per heavy atom. The van der Waals surface area contributed by atoms with Crippen molar-refractivity contribution in [1.29, 1.82) is 0 Å². The monoisotopic (exact) mass is 316 g/mol. The molecule has 2 fully saturated rings. The highest BCUT2D eigenvalue weighted by molar-refractivity contribution is 5.86. The molecule has 3 rings (SSSR count). The minimum Gasteiger partial charge on any atom is -0.379 e. The summed E-state index contributed by atoms with van der Waals surface area (Å²) in [5, 5.41) is 11.0. The molecule has 0 bridgehead atoms. The quantitative estimate of drug-likeness (QED) is 0.927. The highest BCUT2D eigenvalue weighted by Crippen LogP contribution is 2.26. The van der Waals surface area contributed by atoms with Crippen molar-refractivity contribution in [3.63, 3.8) is 0 Å². The fourth-order valence-corrected chi connectivity index (χ4v) is 3.88. The van der Waals surface area contributed by atoms with Gasteiger partial charge in [0.1, 0.15) is 0 Å². The van der Waals surface area contributed by atoms with Crippen LogP contribution in [0, 0.1) is 6.92 Å². The second-order valence-electron chi connectivity index (χ2n) is 7.19. The van der Waals surface area contributed by atoms with Crippen LogP contribution in [-0.4, -0.2) is 52.6 Å². The van der Waals surface area contributed by atoms with Gasteiger partial charge in [-0.05, 0) is 51.3 Å². The normalized spacial score (nSPS) is 26.5. The highest BCUT2D eigenvalue weighted by Gasteiger charge is 2.43. The lowest BCUT2D eigenvalue weighted by atomic mass is 9.90. The molecule has 1 aromatic carbocycles. The standard InChI is InChI=1S/C19H28N2O2/c1-16-7-5-8-17(13-16)14-21-12-6-9-19(23,18(21)22)15-20-10-3-2-4-11-20/h5,7-8,13,23H,2-4,6,9-12,14-15H2,1H3. The van der Waals surface area contributed by atoms with E-state index in [9.17, 15) is 9.90 Å². The second-order valence-corrected chi connectivity index (χ2v) is 7.19. The van der Waals surface area contributed by atoms with Gasteiger partial charge in [0.25, 0.3) is 5.91 Å². The summed E-state index contributed by atoms with van der Waals surface area (Å²) < 4.78 is 0. The number of aliphatic hydroxyl groups is 1. The molecule has 1 N–H and O–H groups in total. The number of aryl methyl sites for hydroxylation is 1. The van der Waals surface area contributed by atoms with Crippen molar-refractivity contribution < 1.29 is 9.90 Å². The van der Waals surface area contributed by atoms with Crippen LogP contribution < -0.4 is 0 Å². The molecule has 1 atom stereocenters. The Morgan fingerprint density at radius 3 is 2.65 bits per heavy atom. The zero-order valence-electron chi connectivity index (χ0n) is 14.1. The van der Waals surface area contributed by atoms with E-state index < -0.39 is 5.60 Å². The summed E-state index contributed by atoms with van der Waals surface area (Å²) in [4.78, 5) is 17.0. The van der Waals surface area contributed by atoms with Crippen LogP contribution in [0.15, 0.2) is 24.3 Å². The molecule has 0 saturated carbocycles. The topological polar surface area (TPSA) is 43.8 Å². The fourth-order valence-electron chi connectivity index (χ4n) is 3.88. The van der Waals surface area contributed by atoms with Gasteiger partial charge in [-0.15, -0.1) is 0 Å². The Balaban J connectivity index is 1.67. The minimum atomic E-state index is -1.20. The van der Waals surface area contributed by atoms with Gasteiger partial charge < -0.3 is 10.0 Å². The summed E-state index contributed by atoms with van der Waals surface area (Å²) in [6, 6.07) is 8.26. The number of carbonyl (C=O) groups is 1. The van der Waals surface area contributed by atoms with Gasteiger partial charge in [-0.25, -0.2) is 0 Å². The summed E-state index contributed by atoms with van der Waals surface area (Å²) in [5.74, 6) is -0.0872. The molecule has 2 aliphatic rings. The minimum absolute atomic E-state index is 0.0872. The number of hydrogen-bond donors (Lipinski definition) is 1. The number of nitrogens with zero attached hydrogens (tertiary/aromatic N) is 2. The predicted molar refractivity (Wildman–Crippen MR) is 91.1 cm³/mol. The molecule has 0 radical (unpaired) electrons. The summed E-state index contributed by atoms with van der Waals surface area (Å²) in [7, 11) is 0. The number of β-amino-alcohol motifs (C(OH)–C–C–N with tert-alkyl or cyclic N) is 1. The number of amides is 1. The van der Waals surface area contributed by atoms with E-state index in [-0.39, 0.29) is 5.91 Å². The van der Waals surface area contributed by atoms with Gasteiger partial charge in [0, 0.05) is 19.6 Å². The van der Waals surface area contributed by atoms with Gasteiger partial charge in [0.2, 0.25) is 0 Å². The van der Waals surface area contributed by atoms with Crippen molar-refractivity contribution in [3.05, 3.63) is 35.4 Å². The second kappa shape index (κ2) is 7.02. The average Bonchev–Trinajstić information content (AvgIpc) is 2.53. The van der Waals surface area contributed by atoms with Gasteiger partial charge in [0.15, 0.2) is 5.60 Å².